The molecule has 12 rings (SSSR count). The second kappa shape index (κ2) is 12.3. The molecule has 0 bridgehead atoms. The number of hydrogen-bond acceptors (Lipinski definition) is 3. The van der Waals surface area contributed by atoms with Crippen LogP contribution in [0.1, 0.15) is 24.0 Å². The fraction of sp³-hybridized carbons (Fsp3) is 0.0600. The Balaban J connectivity index is 1.12. The zero-order chi connectivity index (χ0) is 36.9. The van der Waals surface area contributed by atoms with E-state index in [2.05, 4.69) is 167 Å². The molecule has 56 heavy (non-hydrogen) atoms. The molecule has 266 valence electrons. The van der Waals surface area contributed by atoms with Crippen molar-refractivity contribution in [2.24, 2.45) is 10.7 Å². The average molecular weight is 755 g/mol. The molecule has 0 saturated heterocycles. The highest BCUT2D eigenvalue weighted by Gasteiger charge is 2.24. The predicted molar refractivity (Wildman–Crippen MR) is 243 cm³/mol. The van der Waals surface area contributed by atoms with Gasteiger partial charge in [0, 0.05) is 74.0 Å². The van der Waals surface area contributed by atoms with E-state index in [4.69, 9.17) is 10.7 Å². The molecular formula is C50H34N4S2. The summed E-state index contributed by atoms with van der Waals surface area (Å²) in [5, 5.41) is 10.0. The number of hydrogen-bond donors (Lipinski definition) is 1. The molecule has 7 aromatic carbocycles. The van der Waals surface area contributed by atoms with Crippen LogP contribution in [0.25, 0.3) is 89.7 Å². The topological polar surface area (TPSA) is 48.2 Å². The van der Waals surface area contributed by atoms with Gasteiger partial charge in [0.15, 0.2) is 0 Å². The number of rotatable bonds is 4. The molecule has 0 saturated carbocycles. The number of para-hydroxylation sites is 3. The summed E-state index contributed by atoms with van der Waals surface area (Å²) in [5.41, 5.74) is 16.6. The SMILES string of the molecule is NC(=Nc1ccccc1Cc1cccc2c1sc1ccccc12)n1c2ccccc2c2ccc3sc4ccc5c6ccccc6n(C6=CC=CCC6)c5c4c3c21. The summed E-state index contributed by atoms with van der Waals surface area (Å²) in [6, 6.07) is 50.6. The second-order valence-electron chi connectivity index (χ2n) is 14.8. The maximum Gasteiger partial charge on any atom is 0.205 e. The maximum atomic E-state index is 7.33. The number of thiophene rings is 2. The average Bonchev–Trinajstić information content (AvgIpc) is 3.99. The third-order valence-electron chi connectivity index (χ3n) is 11.7. The van der Waals surface area contributed by atoms with Gasteiger partial charge in [-0.2, -0.15) is 0 Å². The van der Waals surface area contributed by atoms with Crippen LogP contribution in [0, 0.1) is 0 Å². The molecule has 4 aromatic heterocycles. The van der Waals surface area contributed by atoms with E-state index in [9.17, 15) is 0 Å². The van der Waals surface area contributed by atoms with Crippen molar-refractivity contribution >= 4 is 124 Å². The Hall–Kier alpha value is -6.47. The fourth-order valence-electron chi connectivity index (χ4n) is 9.26. The van der Waals surface area contributed by atoms with Gasteiger partial charge in [0.25, 0.3) is 0 Å². The van der Waals surface area contributed by atoms with Crippen molar-refractivity contribution in [2.75, 3.05) is 0 Å². The number of benzene rings is 7. The van der Waals surface area contributed by atoms with Crippen molar-refractivity contribution in [3.05, 3.63) is 169 Å². The van der Waals surface area contributed by atoms with Crippen molar-refractivity contribution in [1.29, 1.82) is 0 Å². The van der Waals surface area contributed by atoms with E-state index in [0.29, 0.717) is 5.96 Å². The van der Waals surface area contributed by atoms with E-state index < -0.39 is 0 Å². The summed E-state index contributed by atoms with van der Waals surface area (Å²) < 4.78 is 9.90. The van der Waals surface area contributed by atoms with Crippen LogP contribution in [0.5, 0.6) is 0 Å². The lowest BCUT2D eigenvalue weighted by molar-refractivity contribution is 0.981. The molecule has 0 atom stereocenters. The zero-order valence-electron chi connectivity index (χ0n) is 30.4. The zero-order valence-corrected chi connectivity index (χ0v) is 32.0. The van der Waals surface area contributed by atoms with Gasteiger partial charge >= 0.3 is 0 Å². The summed E-state index contributed by atoms with van der Waals surface area (Å²) in [6.45, 7) is 0. The van der Waals surface area contributed by atoms with Crippen molar-refractivity contribution in [3.63, 3.8) is 0 Å². The largest absolute Gasteiger partial charge is 0.369 e. The standard InChI is InChI=1S/C50H34N4S2/c51-50(52-39-21-8-4-13-30(39)29-31-14-12-20-38-35-19-7-11-24-42(35)56-49(31)38)54-41-23-10-6-18-34(41)37-26-28-44-46(48(37)54)45-43(55-44)27-25-36-33-17-5-9-22-40(33)53(47(36)45)32-15-2-1-3-16-32/h1-2,4-15,17-28H,3,16,29H2,(H2,51,52). The van der Waals surface area contributed by atoms with Gasteiger partial charge in [-0.05, 0) is 66.4 Å². The number of allylic oxidation sites excluding steroid dienone is 4. The van der Waals surface area contributed by atoms with Gasteiger partial charge < -0.3 is 10.3 Å². The van der Waals surface area contributed by atoms with Crippen LogP contribution in [0.3, 0.4) is 0 Å². The lowest BCUT2D eigenvalue weighted by Gasteiger charge is -2.15. The van der Waals surface area contributed by atoms with E-state index in [1.54, 1.807) is 0 Å². The first-order chi connectivity index (χ1) is 27.7. The monoisotopic (exact) mass is 754 g/mol. The summed E-state index contributed by atoms with van der Waals surface area (Å²) in [5.74, 6) is 0.461. The van der Waals surface area contributed by atoms with Crippen LogP contribution >= 0.6 is 22.7 Å². The predicted octanol–water partition coefficient (Wildman–Crippen LogP) is 13.9. The molecule has 0 aliphatic heterocycles. The van der Waals surface area contributed by atoms with E-state index in [1.165, 1.54) is 84.2 Å². The fourth-order valence-corrected chi connectivity index (χ4v) is 11.6. The number of aliphatic imine (C=N–C) groups is 1. The third kappa shape index (κ3) is 4.60. The van der Waals surface area contributed by atoms with E-state index in [-0.39, 0.29) is 0 Å². The molecule has 0 spiro atoms. The minimum atomic E-state index is 0.461. The molecule has 2 N–H and O–H groups in total. The van der Waals surface area contributed by atoms with Gasteiger partial charge in [-0.15, -0.1) is 22.7 Å². The van der Waals surface area contributed by atoms with Gasteiger partial charge in [-0.1, -0.05) is 115 Å². The van der Waals surface area contributed by atoms with Crippen molar-refractivity contribution in [1.82, 2.24) is 9.13 Å². The lowest BCUT2D eigenvalue weighted by atomic mass is 10.0. The van der Waals surface area contributed by atoms with Gasteiger partial charge in [-0.25, -0.2) is 4.99 Å². The summed E-state index contributed by atoms with van der Waals surface area (Å²) in [7, 11) is 0. The van der Waals surface area contributed by atoms with Crippen molar-refractivity contribution < 1.29 is 0 Å². The van der Waals surface area contributed by atoms with Crippen LogP contribution in [-0.2, 0) is 6.42 Å². The first-order valence-electron chi connectivity index (χ1n) is 19.2. The second-order valence-corrected chi connectivity index (χ2v) is 16.9. The van der Waals surface area contributed by atoms with Crippen LogP contribution in [0.2, 0.25) is 0 Å². The first-order valence-corrected chi connectivity index (χ1v) is 20.8. The molecule has 1 aliphatic carbocycles. The molecule has 4 heterocycles. The summed E-state index contributed by atoms with van der Waals surface area (Å²) in [6.07, 6.45) is 9.55. The number of nitrogens with two attached hydrogens (primary N) is 1. The molecule has 1 aliphatic rings. The Morgan fingerprint density at radius 2 is 1.23 bits per heavy atom. The molecule has 0 unspecified atom stereocenters. The van der Waals surface area contributed by atoms with Crippen LogP contribution in [0.4, 0.5) is 5.69 Å². The lowest BCUT2D eigenvalue weighted by Crippen LogP contribution is -2.21. The Morgan fingerprint density at radius 3 is 2.05 bits per heavy atom. The van der Waals surface area contributed by atoms with Crippen LogP contribution in [0.15, 0.2) is 163 Å². The third-order valence-corrected chi connectivity index (χ3v) is 14.1. The Labute approximate surface area is 330 Å². The molecule has 0 radical (unpaired) electrons. The highest BCUT2D eigenvalue weighted by atomic mass is 32.1. The van der Waals surface area contributed by atoms with E-state index in [1.807, 2.05) is 22.7 Å². The minimum absolute atomic E-state index is 0.461. The highest BCUT2D eigenvalue weighted by Crippen LogP contribution is 2.47. The van der Waals surface area contributed by atoms with Gasteiger partial charge in [-0.3, -0.25) is 4.57 Å². The Bertz CT molecular complexity index is 3530. The van der Waals surface area contributed by atoms with Crippen molar-refractivity contribution in [3.8, 4) is 0 Å². The minimum Gasteiger partial charge on any atom is -0.369 e. The molecule has 6 heteroatoms. The Kier molecular flexibility index (Phi) is 6.98. The quantitative estimate of drug-likeness (QED) is 0.141. The van der Waals surface area contributed by atoms with E-state index in [0.717, 1.165) is 41.5 Å². The van der Waals surface area contributed by atoms with Gasteiger partial charge in [0.05, 0.1) is 27.8 Å². The number of nitrogens with zero attached hydrogens (tertiary/aromatic N) is 3. The smallest absolute Gasteiger partial charge is 0.205 e. The van der Waals surface area contributed by atoms with Gasteiger partial charge in [0.1, 0.15) is 0 Å². The molecule has 11 aromatic rings. The molecule has 4 nitrogen and oxygen atoms in total. The normalized spacial score (nSPS) is 13.9. The molecular weight excluding hydrogens is 721 g/mol. The van der Waals surface area contributed by atoms with E-state index >= 15 is 0 Å². The molecule has 0 amide bonds. The highest BCUT2D eigenvalue weighted by molar-refractivity contribution is 7.26. The van der Waals surface area contributed by atoms with Crippen molar-refractivity contribution in [2.45, 2.75) is 19.3 Å². The first kappa shape index (κ1) is 31.8. The maximum absolute atomic E-state index is 7.33. The summed E-state index contributed by atoms with van der Waals surface area (Å²) in [4.78, 5) is 5.32. The van der Waals surface area contributed by atoms with Crippen LogP contribution < -0.4 is 5.73 Å². The number of fused-ring (bicyclic) bond motifs is 14. The molecule has 0 fully saturated rings. The Morgan fingerprint density at radius 1 is 0.571 bits per heavy atom. The van der Waals surface area contributed by atoms with Crippen LogP contribution in [-0.4, -0.2) is 15.1 Å². The number of aromatic nitrogens is 2. The van der Waals surface area contributed by atoms with Gasteiger partial charge in [0.2, 0.25) is 5.96 Å². The summed E-state index contributed by atoms with van der Waals surface area (Å²) >= 11 is 3.73.